The molecule has 0 saturated carbocycles. The van der Waals surface area contributed by atoms with Gasteiger partial charge in [-0.2, -0.15) is 9.97 Å². The van der Waals surface area contributed by atoms with E-state index in [1.54, 1.807) is 26.2 Å². The summed E-state index contributed by atoms with van der Waals surface area (Å²) in [4.78, 5) is 37.6. The number of rotatable bonds is 8. The summed E-state index contributed by atoms with van der Waals surface area (Å²) in [5.74, 6) is -2.13. The molecule has 0 aliphatic rings. The van der Waals surface area contributed by atoms with Crippen LogP contribution < -0.4 is 9.47 Å². The van der Waals surface area contributed by atoms with E-state index in [4.69, 9.17) is 9.47 Å². The van der Waals surface area contributed by atoms with Crippen molar-refractivity contribution in [1.82, 2.24) is 19.9 Å². The molecule has 150 valence electrons. The number of carbonyl (C=O) groups excluding carboxylic acids is 1. The molecule has 0 N–H and O–H groups in total. The molecule has 1 heterocycles. The van der Waals surface area contributed by atoms with Gasteiger partial charge in [0.15, 0.2) is 5.82 Å². The minimum atomic E-state index is -1.02. The third-order valence-corrected chi connectivity index (χ3v) is 4.22. The van der Waals surface area contributed by atoms with E-state index in [1.165, 1.54) is 19.1 Å². The van der Waals surface area contributed by atoms with Gasteiger partial charge < -0.3 is 14.4 Å². The normalized spacial score (nSPS) is 12.8. The fourth-order valence-electron chi connectivity index (χ4n) is 2.79. The molecule has 0 spiro atoms. The number of nitrogens with zero attached hydrogens (tertiary/aromatic N) is 5. The van der Waals surface area contributed by atoms with Crippen LogP contribution in [0.15, 0.2) is 24.3 Å². The van der Waals surface area contributed by atoms with Gasteiger partial charge in [-0.1, -0.05) is 29.8 Å². The number of ether oxygens (including phenoxy) is 2. The van der Waals surface area contributed by atoms with E-state index in [0.29, 0.717) is 5.56 Å². The number of carbonyl (C=O) groups is 1. The minimum Gasteiger partial charge on any atom is -0.467 e. The number of methoxy groups -OCH3 is 2. The van der Waals surface area contributed by atoms with Crippen molar-refractivity contribution in [2.45, 2.75) is 18.8 Å². The van der Waals surface area contributed by atoms with Gasteiger partial charge in [-0.25, -0.2) is 0 Å². The average molecular weight is 389 g/mol. The van der Waals surface area contributed by atoms with E-state index in [2.05, 4.69) is 15.0 Å². The first-order valence-corrected chi connectivity index (χ1v) is 8.50. The van der Waals surface area contributed by atoms with Crippen molar-refractivity contribution >= 4 is 5.91 Å². The number of aromatic nitrogens is 3. The molecule has 0 aliphatic heterocycles. The van der Waals surface area contributed by atoms with Crippen LogP contribution in [-0.4, -0.2) is 65.5 Å². The smallest absolute Gasteiger partial charge is 0.322 e. The molecule has 1 aromatic carbocycles. The summed E-state index contributed by atoms with van der Waals surface area (Å²) in [5, 5.41) is 11.4. The summed E-state index contributed by atoms with van der Waals surface area (Å²) < 4.78 is 10.1. The zero-order chi connectivity index (χ0) is 20.8. The summed E-state index contributed by atoms with van der Waals surface area (Å²) >= 11 is 0. The van der Waals surface area contributed by atoms with E-state index in [9.17, 15) is 14.9 Å². The van der Waals surface area contributed by atoms with Crippen molar-refractivity contribution in [2.75, 3.05) is 34.9 Å². The van der Waals surface area contributed by atoms with E-state index in [1.807, 2.05) is 19.1 Å². The van der Waals surface area contributed by atoms with Crippen LogP contribution in [-0.2, 0) is 4.79 Å². The molecule has 1 aromatic heterocycles. The predicted molar refractivity (Wildman–Crippen MR) is 100 cm³/mol. The number of hydrogen-bond donors (Lipinski definition) is 0. The first-order chi connectivity index (χ1) is 13.3. The lowest BCUT2D eigenvalue weighted by atomic mass is 9.84. The zero-order valence-electron chi connectivity index (χ0n) is 16.4. The Hall–Kier alpha value is -3.30. The van der Waals surface area contributed by atoms with Crippen molar-refractivity contribution in [3.63, 3.8) is 0 Å². The largest absolute Gasteiger partial charge is 0.467 e. The molecular weight excluding hydrogens is 366 g/mol. The lowest BCUT2D eigenvalue weighted by Crippen LogP contribution is -2.35. The lowest BCUT2D eigenvalue weighted by Gasteiger charge is -2.25. The molecule has 0 radical (unpaired) electrons. The molecule has 0 saturated heterocycles. The second-order valence-corrected chi connectivity index (χ2v) is 6.41. The summed E-state index contributed by atoms with van der Waals surface area (Å²) in [6.07, 6.45) is 0. The van der Waals surface area contributed by atoms with Gasteiger partial charge in [-0.05, 0) is 12.5 Å². The van der Waals surface area contributed by atoms with Gasteiger partial charge >= 0.3 is 12.0 Å². The SMILES string of the molecule is COc1nc(OC)nc([C@H](C(=O)N(C)C)[C@@H](C[N+](=O)[O-])c2ccc(C)cc2)n1. The Kier molecular flexibility index (Phi) is 6.80. The summed E-state index contributed by atoms with van der Waals surface area (Å²) in [6.45, 7) is 1.44. The molecule has 0 aliphatic carbocycles. The van der Waals surface area contributed by atoms with Crippen LogP contribution in [0.4, 0.5) is 0 Å². The number of benzene rings is 1. The summed E-state index contributed by atoms with van der Waals surface area (Å²) in [6, 6.07) is 7.15. The summed E-state index contributed by atoms with van der Waals surface area (Å²) in [7, 11) is 5.89. The highest BCUT2D eigenvalue weighted by molar-refractivity contribution is 5.83. The molecular formula is C18H23N5O5. The lowest BCUT2D eigenvalue weighted by molar-refractivity contribution is -0.483. The fraction of sp³-hybridized carbons (Fsp3) is 0.444. The summed E-state index contributed by atoms with van der Waals surface area (Å²) in [5.41, 5.74) is 1.64. The van der Waals surface area contributed by atoms with Crippen LogP contribution in [0.2, 0.25) is 0 Å². The predicted octanol–water partition coefficient (Wildman–Crippen LogP) is 1.43. The van der Waals surface area contributed by atoms with Crippen LogP contribution in [0.1, 0.15) is 28.8 Å². The molecule has 2 aromatic rings. The van der Waals surface area contributed by atoms with Crippen LogP contribution >= 0.6 is 0 Å². The average Bonchev–Trinajstić information content (AvgIpc) is 2.67. The molecule has 0 unspecified atom stereocenters. The Bertz CT molecular complexity index is 819. The van der Waals surface area contributed by atoms with Gasteiger partial charge in [-0.15, -0.1) is 4.98 Å². The molecule has 10 heteroatoms. The Morgan fingerprint density at radius 1 is 1.11 bits per heavy atom. The molecule has 0 bridgehead atoms. The van der Waals surface area contributed by atoms with Crippen molar-refractivity contribution < 1.29 is 19.2 Å². The Balaban J connectivity index is 2.66. The van der Waals surface area contributed by atoms with Crippen molar-refractivity contribution in [1.29, 1.82) is 0 Å². The highest BCUT2D eigenvalue weighted by Gasteiger charge is 2.38. The third-order valence-electron chi connectivity index (χ3n) is 4.22. The Morgan fingerprint density at radius 2 is 1.64 bits per heavy atom. The number of nitro groups is 1. The van der Waals surface area contributed by atoms with Gasteiger partial charge in [-0.3, -0.25) is 14.9 Å². The number of aryl methyl sites for hydroxylation is 1. The van der Waals surface area contributed by atoms with Gasteiger partial charge in [0.05, 0.1) is 20.1 Å². The maximum absolute atomic E-state index is 13.0. The van der Waals surface area contributed by atoms with Gasteiger partial charge in [0, 0.05) is 19.0 Å². The second-order valence-electron chi connectivity index (χ2n) is 6.41. The van der Waals surface area contributed by atoms with Gasteiger partial charge in [0.1, 0.15) is 5.92 Å². The monoisotopic (exact) mass is 389 g/mol. The van der Waals surface area contributed by atoms with Gasteiger partial charge in [0.25, 0.3) is 0 Å². The fourth-order valence-corrected chi connectivity index (χ4v) is 2.79. The van der Waals surface area contributed by atoms with Crippen molar-refractivity contribution in [3.8, 4) is 12.0 Å². The van der Waals surface area contributed by atoms with Crippen LogP contribution in [0.25, 0.3) is 0 Å². The quantitative estimate of drug-likeness (QED) is 0.491. The minimum absolute atomic E-state index is 0.0397. The topological polar surface area (TPSA) is 121 Å². The Morgan fingerprint density at radius 3 is 2.07 bits per heavy atom. The molecule has 0 fully saturated rings. The molecule has 2 atom stereocenters. The Labute approximate surface area is 162 Å². The van der Waals surface area contributed by atoms with Crippen molar-refractivity contribution in [2.24, 2.45) is 0 Å². The third kappa shape index (κ3) is 4.90. The number of amides is 1. The van der Waals surface area contributed by atoms with Crippen LogP contribution in [0.5, 0.6) is 12.0 Å². The van der Waals surface area contributed by atoms with E-state index in [-0.39, 0.29) is 23.8 Å². The van der Waals surface area contributed by atoms with E-state index in [0.717, 1.165) is 5.56 Å². The van der Waals surface area contributed by atoms with Crippen molar-refractivity contribution in [3.05, 3.63) is 51.3 Å². The maximum Gasteiger partial charge on any atom is 0.322 e. The van der Waals surface area contributed by atoms with Gasteiger partial charge in [0.2, 0.25) is 12.5 Å². The highest BCUT2D eigenvalue weighted by atomic mass is 16.6. The molecule has 28 heavy (non-hydrogen) atoms. The second kappa shape index (κ2) is 9.07. The number of likely N-dealkylation sites (N-methyl/N-ethyl adjacent to an activating group) is 1. The molecule has 1 amide bonds. The first-order valence-electron chi connectivity index (χ1n) is 8.50. The van der Waals surface area contributed by atoms with E-state index < -0.39 is 23.3 Å². The van der Waals surface area contributed by atoms with E-state index >= 15 is 0 Å². The zero-order valence-corrected chi connectivity index (χ0v) is 16.4. The standard InChI is InChI=1S/C18H23N5O5/c1-11-6-8-12(9-7-11)13(10-23(25)26)14(16(24)22(2)3)15-19-17(27-4)21-18(20-15)28-5/h6-9,13-14H,10H2,1-5H3/t13-,14+/m0/s1. The number of hydrogen-bond acceptors (Lipinski definition) is 8. The molecule has 10 nitrogen and oxygen atoms in total. The van der Waals surface area contributed by atoms with Crippen LogP contribution in [0, 0.1) is 17.0 Å². The molecule has 2 rings (SSSR count). The first kappa shape index (κ1) is 21.0. The van der Waals surface area contributed by atoms with Crippen LogP contribution in [0.3, 0.4) is 0 Å². The maximum atomic E-state index is 13.0. The highest BCUT2D eigenvalue weighted by Crippen LogP contribution is 2.34.